The number of hydrogen-bond acceptors (Lipinski definition) is 3. The van der Waals surface area contributed by atoms with Gasteiger partial charge in [0.05, 0.1) is 5.69 Å². The summed E-state index contributed by atoms with van der Waals surface area (Å²) >= 11 is 0. The van der Waals surface area contributed by atoms with Crippen molar-refractivity contribution >= 4 is 11.8 Å². The molecule has 1 N–H and O–H groups in total. The SMILES string of the molecule is CC(C)[C@H]1C(=O)NCCN1C(=O)c1cccc(-n2ccc(C(F)(F)F)n2)c1. The molecule has 1 atom stereocenters. The number of nitrogens with one attached hydrogen (secondary N) is 1. The lowest BCUT2D eigenvalue weighted by atomic mass is 9.98. The first-order valence-electron chi connectivity index (χ1n) is 8.50. The number of benzene rings is 1. The number of piperazine rings is 1. The van der Waals surface area contributed by atoms with Crippen molar-refractivity contribution < 1.29 is 22.8 Å². The minimum Gasteiger partial charge on any atom is -0.353 e. The van der Waals surface area contributed by atoms with E-state index in [2.05, 4.69) is 10.4 Å². The van der Waals surface area contributed by atoms with Crippen LogP contribution in [0.4, 0.5) is 13.2 Å². The number of aromatic nitrogens is 2. The third-order valence-corrected chi connectivity index (χ3v) is 4.39. The summed E-state index contributed by atoms with van der Waals surface area (Å²) in [6.45, 7) is 4.45. The van der Waals surface area contributed by atoms with Crippen molar-refractivity contribution in [2.75, 3.05) is 13.1 Å². The molecule has 3 rings (SSSR count). The molecule has 2 aromatic rings. The molecule has 0 spiro atoms. The molecule has 9 heteroatoms. The second-order valence-electron chi connectivity index (χ2n) is 6.67. The molecule has 0 unspecified atom stereocenters. The summed E-state index contributed by atoms with van der Waals surface area (Å²) in [5.41, 5.74) is -0.386. The van der Waals surface area contributed by atoms with Crippen molar-refractivity contribution in [3.8, 4) is 5.69 Å². The number of rotatable bonds is 3. The van der Waals surface area contributed by atoms with Crippen molar-refractivity contribution in [2.45, 2.75) is 26.1 Å². The third-order valence-electron chi connectivity index (χ3n) is 4.39. The van der Waals surface area contributed by atoms with Crippen LogP contribution in [0.3, 0.4) is 0 Å². The van der Waals surface area contributed by atoms with E-state index in [0.29, 0.717) is 18.8 Å². The Labute approximate surface area is 154 Å². The molecule has 1 aromatic carbocycles. The average Bonchev–Trinajstić information content (AvgIpc) is 3.11. The Balaban J connectivity index is 1.90. The number of carbonyl (C=O) groups excluding carboxylic acids is 2. The molecular formula is C18H19F3N4O2. The van der Waals surface area contributed by atoms with E-state index in [-0.39, 0.29) is 23.3 Å². The van der Waals surface area contributed by atoms with Gasteiger partial charge in [0.1, 0.15) is 6.04 Å². The minimum absolute atomic E-state index is 0.0714. The molecule has 0 saturated carbocycles. The minimum atomic E-state index is -4.54. The molecule has 0 radical (unpaired) electrons. The Kier molecular flexibility index (Phi) is 4.95. The fourth-order valence-corrected chi connectivity index (χ4v) is 3.14. The van der Waals surface area contributed by atoms with Crippen molar-refractivity contribution in [2.24, 2.45) is 5.92 Å². The van der Waals surface area contributed by atoms with Gasteiger partial charge >= 0.3 is 6.18 Å². The van der Waals surface area contributed by atoms with Gasteiger partial charge in [0, 0.05) is 24.8 Å². The zero-order valence-electron chi connectivity index (χ0n) is 14.8. The van der Waals surface area contributed by atoms with Gasteiger partial charge in [0.2, 0.25) is 5.91 Å². The Morgan fingerprint density at radius 3 is 2.67 bits per heavy atom. The molecule has 2 heterocycles. The summed E-state index contributed by atoms with van der Waals surface area (Å²) in [5.74, 6) is -0.617. The highest BCUT2D eigenvalue weighted by molar-refractivity contribution is 5.98. The topological polar surface area (TPSA) is 67.2 Å². The van der Waals surface area contributed by atoms with Gasteiger partial charge in [-0.15, -0.1) is 0 Å². The number of alkyl halides is 3. The van der Waals surface area contributed by atoms with Crippen LogP contribution in [0.2, 0.25) is 0 Å². The molecule has 0 aliphatic carbocycles. The fraction of sp³-hybridized carbons (Fsp3) is 0.389. The molecule has 1 aliphatic heterocycles. The molecule has 1 fully saturated rings. The Morgan fingerprint density at radius 1 is 1.30 bits per heavy atom. The van der Waals surface area contributed by atoms with Crippen LogP contribution in [0.5, 0.6) is 0 Å². The summed E-state index contributed by atoms with van der Waals surface area (Å²) in [7, 11) is 0. The second kappa shape index (κ2) is 7.05. The Morgan fingerprint density at radius 2 is 2.04 bits per heavy atom. The van der Waals surface area contributed by atoms with Gasteiger partial charge in [-0.05, 0) is 30.2 Å². The van der Waals surface area contributed by atoms with Crippen LogP contribution in [-0.4, -0.2) is 45.6 Å². The molecule has 27 heavy (non-hydrogen) atoms. The summed E-state index contributed by atoms with van der Waals surface area (Å²) < 4.78 is 39.3. The highest BCUT2D eigenvalue weighted by Gasteiger charge is 2.36. The maximum Gasteiger partial charge on any atom is 0.435 e. The lowest BCUT2D eigenvalue weighted by Crippen LogP contribution is -2.59. The van der Waals surface area contributed by atoms with E-state index < -0.39 is 17.9 Å². The molecular weight excluding hydrogens is 361 g/mol. The van der Waals surface area contributed by atoms with Gasteiger partial charge < -0.3 is 10.2 Å². The number of hydrogen-bond donors (Lipinski definition) is 1. The van der Waals surface area contributed by atoms with Gasteiger partial charge in [-0.1, -0.05) is 19.9 Å². The number of nitrogens with zero attached hydrogens (tertiary/aromatic N) is 3. The van der Waals surface area contributed by atoms with Crippen LogP contribution in [0.1, 0.15) is 29.9 Å². The zero-order chi connectivity index (χ0) is 19.8. The average molecular weight is 380 g/mol. The number of halogens is 3. The van der Waals surface area contributed by atoms with Gasteiger partial charge in [0.25, 0.3) is 5.91 Å². The van der Waals surface area contributed by atoms with E-state index in [9.17, 15) is 22.8 Å². The zero-order valence-corrected chi connectivity index (χ0v) is 14.8. The van der Waals surface area contributed by atoms with Crippen LogP contribution in [0, 0.1) is 5.92 Å². The summed E-state index contributed by atoms with van der Waals surface area (Å²) in [4.78, 5) is 26.6. The van der Waals surface area contributed by atoms with Gasteiger partial charge in [-0.2, -0.15) is 18.3 Å². The fourth-order valence-electron chi connectivity index (χ4n) is 3.14. The maximum atomic E-state index is 12.9. The third kappa shape index (κ3) is 3.81. The molecule has 144 valence electrons. The molecule has 1 aromatic heterocycles. The van der Waals surface area contributed by atoms with E-state index in [1.165, 1.54) is 17.2 Å². The first-order chi connectivity index (χ1) is 12.7. The van der Waals surface area contributed by atoms with Crippen molar-refractivity contribution in [1.29, 1.82) is 0 Å². The standard InChI is InChI=1S/C18H19F3N4O2/c1-11(2)15-16(26)22-7-9-24(15)17(27)12-4-3-5-13(10-12)25-8-6-14(23-25)18(19,20)21/h3-6,8,10-11,15H,7,9H2,1-2H3,(H,22,26)/t15-/m0/s1. The van der Waals surface area contributed by atoms with E-state index >= 15 is 0 Å². The van der Waals surface area contributed by atoms with Crippen LogP contribution in [-0.2, 0) is 11.0 Å². The lowest BCUT2D eigenvalue weighted by molar-refractivity contribution is -0.141. The summed E-state index contributed by atoms with van der Waals surface area (Å²) in [5, 5.41) is 6.27. The first kappa shape index (κ1) is 18.9. The normalized spacial score (nSPS) is 17.9. The van der Waals surface area contributed by atoms with E-state index in [1.807, 2.05) is 13.8 Å². The van der Waals surface area contributed by atoms with Crippen molar-refractivity contribution in [1.82, 2.24) is 20.0 Å². The van der Waals surface area contributed by atoms with E-state index in [1.54, 1.807) is 18.2 Å². The van der Waals surface area contributed by atoms with E-state index in [4.69, 9.17) is 0 Å². The lowest BCUT2D eigenvalue weighted by Gasteiger charge is -2.37. The highest BCUT2D eigenvalue weighted by Crippen LogP contribution is 2.28. The van der Waals surface area contributed by atoms with Gasteiger partial charge in [-0.25, -0.2) is 4.68 Å². The molecule has 0 bridgehead atoms. The first-order valence-corrected chi connectivity index (χ1v) is 8.50. The van der Waals surface area contributed by atoms with E-state index in [0.717, 1.165) is 10.7 Å². The molecule has 2 amide bonds. The highest BCUT2D eigenvalue weighted by atomic mass is 19.4. The van der Waals surface area contributed by atoms with Crippen molar-refractivity contribution in [3.05, 3.63) is 47.8 Å². The van der Waals surface area contributed by atoms with Gasteiger partial charge in [0.15, 0.2) is 5.69 Å². The predicted molar refractivity (Wildman–Crippen MR) is 91.2 cm³/mol. The Bertz CT molecular complexity index is 860. The van der Waals surface area contributed by atoms with Crippen LogP contribution < -0.4 is 5.32 Å². The summed E-state index contributed by atoms with van der Waals surface area (Å²) in [6, 6.07) is 6.47. The Hall–Kier alpha value is -2.84. The molecule has 6 nitrogen and oxygen atoms in total. The van der Waals surface area contributed by atoms with Gasteiger partial charge in [-0.3, -0.25) is 9.59 Å². The molecule has 1 saturated heterocycles. The smallest absolute Gasteiger partial charge is 0.353 e. The maximum absolute atomic E-state index is 12.9. The largest absolute Gasteiger partial charge is 0.435 e. The quantitative estimate of drug-likeness (QED) is 0.890. The number of carbonyl (C=O) groups is 2. The predicted octanol–water partition coefficient (Wildman–Crippen LogP) is 2.49. The van der Waals surface area contributed by atoms with Crippen LogP contribution >= 0.6 is 0 Å². The number of amides is 2. The summed E-state index contributed by atoms with van der Waals surface area (Å²) in [6.07, 6.45) is -3.35. The van der Waals surface area contributed by atoms with Crippen LogP contribution in [0.15, 0.2) is 36.5 Å². The second-order valence-corrected chi connectivity index (χ2v) is 6.67. The molecule has 1 aliphatic rings. The monoisotopic (exact) mass is 380 g/mol. The van der Waals surface area contributed by atoms with Crippen LogP contribution in [0.25, 0.3) is 5.69 Å². The van der Waals surface area contributed by atoms with Crippen molar-refractivity contribution in [3.63, 3.8) is 0 Å².